The molecule has 2 N–H and O–H groups in total. The molecule has 2 aromatic carbocycles. The summed E-state index contributed by atoms with van der Waals surface area (Å²) in [5, 5.41) is 5.70. The lowest BCUT2D eigenvalue weighted by Gasteiger charge is -2.25. The Labute approximate surface area is 181 Å². The summed E-state index contributed by atoms with van der Waals surface area (Å²) in [4.78, 5) is 24.7. The second-order valence-electron chi connectivity index (χ2n) is 6.65. The zero-order chi connectivity index (χ0) is 21.0. The molecule has 3 rings (SSSR count). The first-order valence-electron chi connectivity index (χ1n) is 8.65. The van der Waals surface area contributed by atoms with E-state index >= 15 is 0 Å². The summed E-state index contributed by atoms with van der Waals surface area (Å²) in [6.45, 7) is 3.34. The molecule has 0 saturated heterocycles. The number of carbonyl (C=O) groups excluding carboxylic acids is 2. The predicted molar refractivity (Wildman–Crippen MR) is 116 cm³/mol. The van der Waals surface area contributed by atoms with E-state index in [9.17, 15) is 9.59 Å². The van der Waals surface area contributed by atoms with Crippen molar-refractivity contribution in [2.24, 2.45) is 0 Å². The molecular formula is C21H18BrClN2O4. The molecule has 0 aliphatic carbocycles. The quantitative estimate of drug-likeness (QED) is 0.474. The molecule has 0 spiro atoms. The first-order chi connectivity index (χ1) is 13.7. The van der Waals surface area contributed by atoms with E-state index in [2.05, 4.69) is 26.6 Å². The van der Waals surface area contributed by atoms with E-state index in [0.29, 0.717) is 17.1 Å². The molecule has 0 aliphatic heterocycles. The van der Waals surface area contributed by atoms with Crippen molar-refractivity contribution in [1.29, 1.82) is 0 Å². The molecule has 3 aromatic rings. The molecule has 2 amide bonds. The number of halogens is 2. The SMILES string of the molecule is CC(C)(Oc1ccc(Br)cc1)C(=O)Nc1ccc(NC(=O)c2ccco2)c(Cl)c1. The molecule has 0 aliphatic rings. The predicted octanol–water partition coefficient (Wildman–Crippen LogP) is 5.74. The van der Waals surface area contributed by atoms with E-state index in [-0.39, 0.29) is 16.7 Å². The molecule has 6 nitrogen and oxygen atoms in total. The maximum Gasteiger partial charge on any atom is 0.291 e. The zero-order valence-corrected chi connectivity index (χ0v) is 18.0. The Kier molecular flexibility index (Phi) is 6.30. The Hall–Kier alpha value is -2.77. The Morgan fingerprint density at radius 3 is 2.41 bits per heavy atom. The van der Waals surface area contributed by atoms with E-state index in [4.69, 9.17) is 20.8 Å². The van der Waals surface area contributed by atoms with Crippen molar-refractivity contribution in [2.45, 2.75) is 19.4 Å². The molecule has 1 aromatic heterocycles. The van der Waals surface area contributed by atoms with Gasteiger partial charge in [-0.2, -0.15) is 0 Å². The van der Waals surface area contributed by atoms with Crippen molar-refractivity contribution in [2.75, 3.05) is 10.6 Å². The lowest BCUT2D eigenvalue weighted by atomic mass is 10.1. The number of hydrogen-bond donors (Lipinski definition) is 2. The van der Waals surface area contributed by atoms with Crippen LogP contribution in [0.5, 0.6) is 5.75 Å². The van der Waals surface area contributed by atoms with Crippen LogP contribution in [-0.4, -0.2) is 17.4 Å². The first kappa shape index (κ1) is 21.0. The van der Waals surface area contributed by atoms with Gasteiger partial charge in [0, 0.05) is 10.2 Å². The third-order valence-electron chi connectivity index (χ3n) is 3.95. The van der Waals surface area contributed by atoms with Gasteiger partial charge in [-0.05, 0) is 68.4 Å². The number of rotatable bonds is 6. The first-order valence-corrected chi connectivity index (χ1v) is 9.82. The summed E-state index contributed by atoms with van der Waals surface area (Å²) in [7, 11) is 0. The number of furan rings is 1. The van der Waals surface area contributed by atoms with Crippen molar-refractivity contribution >= 4 is 50.7 Å². The number of amides is 2. The van der Waals surface area contributed by atoms with Crippen molar-refractivity contribution < 1.29 is 18.7 Å². The highest BCUT2D eigenvalue weighted by molar-refractivity contribution is 9.10. The summed E-state index contributed by atoms with van der Waals surface area (Å²) < 4.78 is 11.8. The van der Waals surface area contributed by atoms with E-state index in [0.717, 1.165) is 4.47 Å². The zero-order valence-electron chi connectivity index (χ0n) is 15.7. The number of benzene rings is 2. The van der Waals surface area contributed by atoms with E-state index in [1.165, 1.54) is 6.26 Å². The van der Waals surface area contributed by atoms with Crippen LogP contribution in [0.25, 0.3) is 0 Å². The van der Waals surface area contributed by atoms with Crippen LogP contribution in [0.15, 0.2) is 69.8 Å². The summed E-state index contributed by atoms with van der Waals surface area (Å²) in [5.74, 6) is -0.0192. The minimum atomic E-state index is -1.12. The van der Waals surface area contributed by atoms with Crippen LogP contribution >= 0.6 is 27.5 Å². The number of ether oxygens (including phenoxy) is 1. The van der Waals surface area contributed by atoms with Gasteiger partial charge >= 0.3 is 0 Å². The summed E-state index contributed by atoms with van der Waals surface area (Å²) in [6, 6.07) is 15.2. The standard InChI is InChI=1S/C21H18BrClN2O4/c1-21(2,29-15-8-5-13(22)6-9-15)20(27)24-14-7-10-17(16(23)12-14)25-19(26)18-4-3-11-28-18/h3-12H,1-2H3,(H,24,27)(H,25,26). The van der Waals surface area contributed by atoms with Gasteiger partial charge in [0.05, 0.1) is 17.0 Å². The fourth-order valence-corrected chi connectivity index (χ4v) is 2.90. The molecule has 0 saturated carbocycles. The second kappa shape index (κ2) is 8.71. The molecule has 150 valence electrons. The van der Waals surface area contributed by atoms with Crippen molar-refractivity contribution in [3.63, 3.8) is 0 Å². The van der Waals surface area contributed by atoms with Crippen molar-refractivity contribution in [1.82, 2.24) is 0 Å². The second-order valence-corrected chi connectivity index (χ2v) is 7.97. The van der Waals surface area contributed by atoms with Gasteiger partial charge in [0.2, 0.25) is 0 Å². The van der Waals surface area contributed by atoms with Gasteiger partial charge in [0.25, 0.3) is 11.8 Å². The molecule has 1 heterocycles. The van der Waals surface area contributed by atoms with Gasteiger partial charge in [-0.1, -0.05) is 27.5 Å². The fraction of sp³-hybridized carbons (Fsp3) is 0.143. The van der Waals surface area contributed by atoms with Crippen LogP contribution in [-0.2, 0) is 4.79 Å². The lowest BCUT2D eigenvalue weighted by Crippen LogP contribution is -2.42. The van der Waals surface area contributed by atoms with Gasteiger partial charge in [-0.3, -0.25) is 9.59 Å². The maximum absolute atomic E-state index is 12.7. The average Bonchev–Trinajstić information content (AvgIpc) is 3.20. The minimum absolute atomic E-state index is 0.172. The fourth-order valence-electron chi connectivity index (χ4n) is 2.41. The highest BCUT2D eigenvalue weighted by Gasteiger charge is 2.30. The van der Waals surface area contributed by atoms with Crippen LogP contribution in [0.3, 0.4) is 0 Å². The van der Waals surface area contributed by atoms with Crippen LogP contribution in [0.1, 0.15) is 24.4 Å². The summed E-state index contributed by atoms with van der Waals surface area (Å²) >= 11 is 9.60. The summed E-state index contributed by atoms with van der Waals surface area (Å²) in [5.41, 5.74) is -0.244. The molecule has 0 fully saturated rings. The lowest BCUT2D eigenvalue weighted by molar-refractivity contribution is -0.128. The normalized spacial score (nSPS) is 11.0. The largest absolute Gasteiger partial charge is 0.478 e. The molecule has 0 bridgehead atoms. The van der Waals surface area contributed by atoms with Crippen LogP contribution < -0.4 is 15.4 Å². The number of hydrogen-bond acceptors (Lipinski definition) is 4. The maximum atomic E-state index is 12.7. The number of carbonyl (C=O) groups is 2. The average molecular weight is 478 g/mol. The highest BCUT2D eigenvalue weighted by Crippen LogP contribution is 2.27. The van der Waals surface area contributed by atoms with Gasteiger partial charge in [-0.25, -0.2) is 0 Å². The number of nitrogens with one attached hydrogen (secondary N) is 2. The molecule has 0 atom stereocenters. The molecular weight excluding hydrogens is 460 g/mol. The van der Waals surface area contributed by atoms with Gasteiger partial charge in [-0.15, -0.1) is 0 Å². The molecule has 29 heavy (non-hydrogen) atoms. The number of anilines is 2. The van der Waals surface area contributed by atoms with Crippen molar-refractivity contribution in [3.8, 4) is 5.75 Å². The van der Waals surface area contributed by atoms with E-state index in [1.54, 1.807) is 56.3 Å². The third kappa shape index (κ3) is 5.40. The summed E-state index contributed by atoms with van der Waals surface area (Å²) in [6.07, 6.45) is 1.41. The van der Waals surface area contributed by atoms with Gasteiger partial charge in [0.1, 0.15) is 5.75 Å². The van der Waals surface area contributed by atoms with Crippen LogP contribution in [0.4, 0.5) is 11.4 Å². The van der Waals surface area contributed by atoms with Gasteiger partial charge < -0.3 is 19.8 Å². The molecule has 0 radical (unpaired) electrons. The Morgan fingerprint density at radius 2 is 1.79 bits per heavy atom. The van der Waals surface area contributed by atoms with Gasteiger partial charge in [0.15, 0.2) is 11.4 Å². The van der Waals surface area contributed by atoms with Crippen molar-refractivity contribution in [3.05, 3.63) is 76.1 Å². The topological polar surface area (TPSA) is 80.6 Å². The molecule has 0 unspecified atom stereocenters. The van der Waals surface area contributed by atoms with Crippen LogP contribution in [0.2, 0.25) is 5.02 Å². The minimum Gasteiger partial charge on any atom is -0.478 e. The van der Waals surface area contributed by atoms with Crippen LogP contribution in [0, 0.1) is 0 Å². The Bertz CT molecular complexity index is 1020. The Morgan fingerprint density at radius 1 is 1.07 bits per heavy atom. The van der Waals surface area contributed by atoms with E-state index < -0.39 is 11.5 Å². The third-order valence-corrected chi connectivity index (χ3v) is 4.79. The highest BCUT2D eigenvalue weighted by atomic mass is 79.9. The smallest absolute Gasteiger partial charge is 0.291 e. The molecule has 8 heteroatoms. The van der Waals surface area contributed by atoms with E-state index in [1.807, 2.05) is 12.1 Å². The monoisotopic (exact) mass is 476 g/mol. The Balaban J connectivity index is 1.66.